The number of fused-ring (bicyclic) bond motifs is 1. The molecule has 164 valence electrons. The Morgan fingerprint density at radius 3 is 2.58 bits per heavy atom. The third-order valence-corrected chi connectivity index (χ3v) is 5.92. The first-order valence-electron chi connectivity index (χ1n) is 10.6. The third-order valence-electron chi connectivity index (χ3n) is 5.64. The number of rotatable bonds is 5. The predicted octanol–water partition coefficient (Wildman–Crippen LogP) is 3.13. The number of piperazine rings is 1. The first kappa shape index (κ1) is 21.5. The Morgan fingerprint density at radius 2 is 1.90 bits per heavy atom. The van der Waals surface area contributed by atoms with Crippen LogP contribution in [0, 0.1) is 0 Å². The van der Waals surface area contributed by atoms with Gasteiger partial charge in [-0.2, -0.15) is 0 Å². The molecule has 2 aromatic carbocycles. The molecule has 1 fully saturated rings. The fourth-order valence-corrected chi connectivity index (χ4v) is 4.21. The number of hydrogen-bond acceptors (Lipinski definition) is 5. The van der Waals surface area contributed by atoms with Crippen LogP contribution in [0.25, 0.3) is 0 Å². The highest BCUT2D eigenvalue weighted by Gasteiger charge is 2.26. The lowest BCUT2D eigenvalue weighted by atomic mass is 10.1. The van der Waals surface area contributed by atoms with Crippen molar-refractivity contribution < 1.29 is 14.3 Å². The molecule has 1 saturated heterocycles. The molecule has 2 heterocycles. The molecule has 0 aromatic heterocycles. The smallest absolute Gasteiger partial charge is 0.265 e. The number of carbonyl (C=O) groups excluding carboxylic acids is 2. The molecule has 0 saturated carbocycles. The second kappa shape index (κ2) is 9.16. The van der Waals surface area contributed by atoms with Gasteiger partial charge < -0.3 is 20.3 Å². The summed E-state index contributed by atoms with van der Waals surface area (Å²) in [5, 5.41) is 6.21. The van der Waals surface area contributed by atoms with Crippen LogP contribution in [0.1, 0.15) is 29.8 Å². The molecule has 31 heavy (non-hydrogen) atoms. The molecule has 2 aromatic rings. The van der Waals surface area contributed by atoms with Crippen molar-refractivity contribution in [2.75, 3.05) is 42.9 Å². The number of nitrogens with one attached hydrogen (secondary N) is 2. The monoisotopic (exact) mass is 442 g/mol. The maximum Gasteiger partial charge on any atom is 0.265 e. The van der Waals surface area contributed by atoms with Crippen molar-refractivity contribution in [3.05, 3.63) is 52.5 Å². The Kier molecular flexibility index (Phi) is 6.34. The molecule has 7 nitrogen and oxygen atoms in total. The summed E-state index contributed by atoms with van der Waals surface area (Å²) in [6.45, 7) is 8.61. The van der Waals surface area contributed by atoms with Crippen LogP contribution >= 0.6 is 11.6 Å². The van der Waals surface area contributed by atoms with E-state index in [0.717, 1.165) is 44.0 Å². The zero-order valence-corrected chi connectivity index (χ0v) is 18.5. The quantitative estimate of drug-likeness (QED) is 0.744. The van der Waals surface area contributed by atoms with Gasteiger partial charge >= 0.3 is 0 Å². The van der Waals surface area contributed by atoms with E-state index in [1.54, 1.807) is 6.92 Å². The van der Waals surface area contributed by atoms with E-state index < -0.39 is 6.10 Å². The van der Waals surface area contributed by atoms with Gasteiger partial charge in [-0.05, 0) is 55.8 Å². The van der Waals surface area contributed by atoms with Crippen LogP contribution in [0.5, 0.6) is 5.75 Å². The Morgan fingerprint density at radius 1 is 1.19 bits per heavy atom. The summed E-state index contributed by atoms with van der Waals surface area (Å²) in [5.74, 6) is 0.338. The average molecular weight is 443 g/mol. The van der Waals surface area contributed by atoms with Gasteiger partial charge in [0.2, 0.25) is 0 Å². The fourth-order valence-electron chi connectivity index (χ4n) is 3.93. The van der Waals surface area contributed by atoms with Gasteiger partial charge in [0.15, 0.2) is 11.9 Å². The second-order valence-corrected chi connectivity index (χ2v) is 8.28. The summed E-state index contributed by atoms with van der Waals surface area (Å²) >= 11 is 6.40. The normalized spacial score (nSPS) is 18.7. The molecule has 1 atom stereocenters. The second-order valence-electron chi connectivity index (χ2n) is 7.87. The first-order valence-corrected chi connectivity index (χ1v) is 11.0. The molecule has 0 aliphatic carbocycles. The van der Waals surface area contributed by atoms with Gasteiger partial charge in [-0.1, -0.05) is 11.6 Å². The van der Waals surface area contributed by atoms with E-state index in [-0.39, 0.29) is 11.8 Å². The van der Waals surface area contributed by atoms with Gasteiger partial charge in [0, 0.05) is 50.5 Å². The van der Waals surface area contributed by atoms with E-state index in [1.165, 1.54) is 0 Å². The maximum absolute atomic E-state index is 11.9. The van der Waals surface area contributed by atoms with E-state index in [0.29, 0.717) is 28.6 Å². The van der Waals surface area contributed by atoms with Crippen molar-refractivity contribution >= 4 is 34.8 Å². The van der Waals surface area contributed by atoms with Crippen LogP contribution in [0.2, 0.25) is 5.02 Å². The summed E-state index contributed by atoms with van der Waals surface area (Å²) in [6.07, 6.45) is -0.543. The predicted molar refractivity (Wildman–Crippen MR) is 122 cm³/mol. The molecule has 4 rings (SSSR count). The minimum Gasteiger partial charge on any atom is -0.477 e. The molecule has 2 aliphatic heterocycles. The molecule has 0 spiro atoms. The molecular formula is C23H27ClN4O3. The summed E-state index contributed by atoms with van der Waals surface area (Å²) in [4.78, 5) is 28.5. The minimum atomic E-state index is -0.543. The van der Waals surface area contributed by atoms with E-state index in [1.807, 2.05) is 43.3 Å². The lowest BCUT2D eigenvalue weighted by Crippen LogP contribution is -2.46. The largest absolute Gasteiger partial charge is 0.477 e. The topological polar surface area (TPSA) is 73.9 Å². The number of ether oxygens (including phenoxy) is 1. The molecule has 0 bridgehead atoms. The Bertz CT molecular complexity index is 972. The highest BCUT2D eigenvalue weighted by Crippen LogP contribution is 2.38. The van der Waals surface area contributed by atoms with Crippen molar-refractivity contribution in [1.29, 1.82) is 0 Å². The molecule has 2 amide bonds. The number of benzene rings is 2. The third kappa shape index (κ3) is 4.78. The lowest BCUT2D eigenvalue weighted by molar-refractivity contribution is -0.122. The molecule has 1 unspecified atom stereocenters. The lowest BCUT2D eigenvalue weighted by Gasteiger charge is -2.36. The summed E-state index contributed by atoms with van der Waals surface area (Å²) in [6, 6.07) is 11.6. The van der Waals surface area contributed by atoms with Crippen LogP contribution in [0.15, 0.2) is 36.4 Å². The van der Waals surface area contributed by atoms with Gasteiger partial charge in [-0.25, -0.2) is 0 Å². The van der Waals surface area contributed by atoms with Crippen molar-refractivity contribution in [1.82, 2.24) is 10.2 Å². The van der Waals surface area contributed by atoms with Gasteiger partial charge in [-0.15, -0.1) is 0 Å². The fraction of sp³-hybridized carbons (Fsp3) is 0.391. The zero-order valence-electron chi connectivity index (χ0n) is 17.8. The number of nitrogens with zero attached hydrogens (tertiary/aromatic N) is 2. The van der Waals surface area contributed by atoms with Gasteiger partial charge in [-0.3, -0.25) is 14.5 Å². The van der Waals surface area contributed by atoms with Crippen LogP contribution in [-0.2, 0) is 11.3 Å². The number of hydrogen-bond donors (Lipinski definition) is 2. The Balaban J connectivity index is 1.35. The van der Waals surface area contributed by atoms with Crippen LogP contribution in [0.4, 0.5) is 11.4 Å². The number of amides is 2. The standard InChI is InChI=1S/C23H27ClN4O3/c1-3-25-23(30)17-4-6-18(7-5-17)28-10-8-27(9-11-28)14-16-12-19(24)21-20(13-16)26-22(29)15(2)31-21/h4-7,12-13,15H,3,8-11,14H2,1-2H3,(H,25,30)(H,26,29). The van der Waals surface area contributed by atoms with E-state index in [9.17, 15) is 9.59 Å². The number of anilines is 2. The Labute approximate surface area is 187 Å². The molecular weight excluding hydrogens is 416 g/mol. The molecule has 8 heteroatoms. The van der Waals surface area contributed by atoms with Crippen LogP contribution in [-0.4, -0.2) is 55.5 Å². The van der Waals surface area contributed by atoms with E-state index >= 15 is 0 Å². The summed E-state index contributed by atoms with van der Waals surface area (Å²) in [7, 11) is 0. The maximum atomic E-state index is 11.9. The van der Waals surface area contributed by atoms with Crippen LogP contribution in [0.3, 0.4) is 0 Å². The highest BCUT2D eigenvalue weighted by molar-refractivity contribution is 6.33. The average Bonchev–Trinajstić information content (AvgIpc) is 2.76. The van der Waals surface area contributed by atoms with Crippen LogP contribution < -0.4 is 20.3 Å². The summed E-state index contributed by atoms with van der Waals surface area (Å²) in [5.41, 5.74) is 3.48. The summed E-state index contributed by atoms with van der Waals surface area (Å²) < 4.78 is 5.63. The van der Waals surface area contributed by atoms with Gasteiger partial charge in [0.25, 0.3) is 11.8 Å². The van der Waals surface area contributed by atoms with E-state index in [2.05, 4.69) is 20.4 Å². The molecule has 0 radical (unpaired) electrons. The van der Waals surface area contributed by atoms with Gasteiger partial charge in [0.1, 0.15) is 0 Å². The number of carbonyl (C=O) groups is 2. The van der Waals surface area contributed by atoms with Gasteiger partial charge in [0.05, 0.1) is 10.7 Å². The molecule has 2 N–H and O–H groups in total. The number of halogens is 1. The SMILES string of the molecule is CCNC(=O)c1ccc(N2CCN(Cc3cc(Cl)c4c(c3)NC(=O)C(C)O4)CC2)cc1. The van der Waals surface area contributed by atoms with E-state index in [4.69, 9.17) is 16.3 Å². The minimum absolute atomic E-state index is 0.0429. The van der Waals surface area contributed by atoms with Crippen molar-refractivity contribution in [2.24, 2.45) is 0 Å². The Hall–Kier alpha value is -2.77. The van der Waals surface area contributed by atoms with Crippen molar-refractivity contribution in [2.45, 2.75) is 26.5 Å². The van der Waals surface area contributed by atoms with Crippen molar-refractivity contribution in [3.63, 3.8) is 0 Å². The first-order chi connectivity index (χ1) is 14.9. The molecule has 2 aliphatic rings. The van der Waals surface area contributed by atoms with Crippen molar-refractivity contribution in [3.8, 4) is 5.75 Å². The highest BCUT2D eigenvalue weighted by atomic mass is 35.5. The zero-order chi connectivity index (χ0) is 22.0.